The summed E-state index contributed by atoms with van der Waals surface area (Å²) in [5.41, 5.74) is 5.75. The van der Waals surface area contributed by atoms with E-state index in [0.29, 0.717) is 24.8 Å². The average Bonchev–Trinajstić information content (AvgIpc) is 2.96. The molecule has 2 aromatic rings. The van der Waals surface area contributed by atoms with E-state index in [-0.39, 0.29) is 6.61 Å². The van der Waals surface area contributed by atoms with E-state index in [1.807, 2.05) is 25.1 Å². The summed E-state index contributed by atoms with van der Waals surface area (Å²) in [6.07, 6.45) is 3.51. The number of aromatic nitrogens is 5. The Labute approximate surface area is 147 Å². The first-order valence-corrected chi connectivity index (χ1v) is 8.58. The number of rotatable bonds is 6. The van der Waals surface area contributed by atoms with Crippen molar-refractivity contribution in [1.29, 1.82) is 0 Å². The summed E-state index contributed by atoms with van der Waals surface area (Å²) in [6.45, 7) is 3.28. The van der Waals surface area contributed by atoms with Crippen LogP contribution in [0.5, 0.6) is 0 Å². The molecule has 0 radical (unpaired) electrons. The second-order valence-electron chi connectivity index (χ2n) is 6.56. The number of hydrogen-bond acceptors (Lipinski definition) is 8. The standard InChI is InChI=1S/C16H26N8O/c1-22(7-8-25)10-15-20-21-16(23(15)2)12-3-5-24(6-4-12)14-9-13(17)18-11-19-14/h9,11-12,25H,3-8,10H2,1-2H3,(H2,17,18,19). The van der Waals surface area contributed by atoms with Gasteiger partial charge in [-0.2, -0.15) is 0 Å². The quantitative estimate of drug-likeness (QED) is 0.752. The van der Waals surface area contributed by atoms with Crippen LogP contribution in [0.2, 0.25) is 0 Å². The van der Waals surface area contributed by atoms with E-state index in [2.05, 4.69) is 29.6 Å². The third kappa shape index (κ3) is 4.05. The molecule has 1 aliphatic heterocycles. The molecule has 0 unspecified atom stereocenters. The summed E-state index contributed by atoms with van der Waals surface area (Å²) in [7, 11) is 3.99. The van der Waals surface area contributed by atoms with E-state index < -0.39 is 0 Å². The molecule has 3 rings (SSSR count). The molecule has 0 bridgehead atoms. The van der Waals surface area contributed by atoms with Crippen molar-refractivity contribution in [3.8, 4) is 0 Å². The van der Waals surface area contributed by atoms with Gasteiger partial charge in [0.15, 0.2) is 0 Å². The smallest absolute Gasteiger partial charge is 0.146 e. The van der Waals surface area contributed by atoms with Gasteiger partial charge in [-0.25, -0.2) is 9.97 Å². The lowest BCUT2D eigenvalue weighted by Gasteiger charge is -2.32. The summed E-state index contributed by atoms with van der Waals surface area (Å²) in [6, 6.07) is 1.82. The highest BCUT2D eigenvalue weighted by molar-refractivity contribution is 5.46. The van der Waals surface area contributed by atoms with E-state index in [0.717, 1.165) is 43.4 Å². The van der Waals surface area contributed by atoms with Crippen LogP contribution in [0.15, 0.2) is 12.4 Å². The number of piperidine rings is 1. The summed E-state index contributed by atoms with van der Waals surface area (Å²) >= 11 is 0. The molecule has 0 spiro atoms. The molecule has 9 nitrogen and oxygen atoms in total. The molecule has 0 amide bonds. The van der Waals surface area contributed by atoms with E-state index >= 15 is 0 Å². The highest BCUT2D eigenvalue weighted by atomic mass is 16.3. The minimum Gasteiger partial charge on any atom is -0.395 e. The van der Waals surface area contributed by atoms with Crippen molar-refractivity contribution in [3.05, 3.63) is 24.0 Å². The maximum Gasteiger partial charge on any atom is 0.146 e. The van der Waals surface area contributed by atoms with E-state index in [1.54, 1.807) is 0 Å². The molecule has 0 atom stereocenters. The first-order chi connectivity index (χ1) is 12.1. The summed E-state index contributed by atoms with van der Waals surface area (Å²) in [5, 5.41) is 17.8. The number of hydrogen-bond donors (Lipinski definition) is 2. The van der Waals surface area contributed by atoms with Gasteiger partial charge in [0.05, 0.1) is 13.2 Å². The largest absolute Gasteiger partial charge is 0.395 e. The van der Waals surface area contributed by atoms with Gasteiger partial charge in [-0.3, -0.25) is 4.90 Å². The van der Waals surface area contributed by atoms with Crippen molar-refractivity contribution in [1.82, 2.24) is 29.6 Å². The number of nitrogens with zero attached hydrogens (tertiary/aromatic N) is 7. The van der Waals surface area contributed by atoms with Crippen LogP contribution in [0.1, 0.15) is 30.4 Å². The highest BCUT2D eigenvalue weighted by Gasteiger charge is 2.26. The maximum absolute atomic E-state index is 9.02. The first-order valence-electron chi connectivity index (χ1n) is 8.58. The van der Waals surface area contributed by atoms with Crippen molar-refractivity contribution < 1.29 is 5.11 Å². The van der Waals surface area contributed by atoms with Crippen molar-refractivity contribution in [2.24, 2.45) is 7.05 Å². The molecule has 1 saturated heterocycles. The Morgan fingerprint density at radius 1 is 1.28 bits per heavy atom. The molecule has 0 aliphatic carbocycles. The second kappa shape index (κ2) is 7.75. The van der Waals surface area contributed by atoms with Gasteiger partial charge in [-0.05, 0) is 19.9 Å². The fourth-order valence-electron chi connectivity index (χ4n) is 3.26. The Balaban J connectivity index is 1.62. The van der Waals surface area contributed by atoms with E-state index in [9.17, 15) is 0 Å². The normalized spacial score (nSPS) is 15.9. The molecule has 136 valence electrons. The third-order valence-corrected chi connectivity index (χ3v) is 4.75. The van der Waals surface area contributed by atoms with Gasteiger partial charge in [0.25, 0.3) is 0 Å². The topological polar surface area (TPSA) is 109 Å². The molecule has 2 aromatic heterocycles. The van der Waals surface area contributed by atoms with Crippen LogP contribution in [0.4, 0.5) is 11.6 Å². The summed E-state index contributed by atoms with van der Waals surface area (Å²) in [4.78, 5) is 12.5. The lowest BCUT2D eigenvalue weighted by molar-refractivity contribution is 0.213. The second-order valence-corrected chi connectivity index (χ2v) is 6.56. The Hall–Kier alpha value is -2.26. The van der Waals surface area contributed by atoms with Gasteiger partial charge in [0.2, 0.25) is 0 Å². The number of nitrogen functional groups attached to an aromatic ring is 1. The first kappa shape index (κ1) is 17.6. The van der Waals surface area contributed by atoms with Crippen LogP contribution in [0, 0.1) is 0 Å². The van der Waals surface area contributed by atoms with E-state index in [4.69, 9.17) is 10.8 Å². The Morgan fingerprint density at radius 3 is 2.72 bits per heavy atom. The van der Waals surface area contributed by atoms with Gasteiger partial charge in [0, 0.05) is 38.7 Å². The number of aliphatic hydroxyl groups excluding tert-OH is 1. The Morgan fingerprint density at radius 2 is 2.04 bits per heavy atom. The minimum atomic E-state index is 0.146. The fourth-order valence-corrected chi connectivity index (χ4v) is 3.26. The van der Waals surface area contributed by atoms with Crippen molar-refractivity contribution in [2.45, 2.75) is 25.3 Å². The van der Waals surface area contributed by atoms with Gasteiger partial charge >= 0.3 is 0 Å². The van der Waals surface area contributed by atoms with Gasteiger partial charge in [-0.1, -0.05) is 0 Å². The van der Waals surface area contributed by atoms with Crippen molar-refractivity contribution in [2.75, 3.05) is 43.9 Å². The van der Waals surface area contributed by atoms with Gasteiger partial charge in [0.1, 0.15) is 29.6 Å². The third-order valence-electron chi connectivity index (χ3n) is 4.75. The van der Waals surface area contributed by atoms with Crippen LogP contribution in [-0.4, -0.2) is 68.0 Å². The number of anilines is 2. The molecule has 0 saturated carbocycles. The average molecular weight is 346 g/mol. The lowest BCUT2D eigenvalue weighted by Crippen LogP contribution is -2.34. The Bertz CT molecular complexity index is 695. The van der Waals surface area contributed by atoms with E-state index in [1.165, 1.54) is 6.33 Å². The molecule has 1 fully saturated rings. The lowest BCUT2D eigenvalue weighted by atomic mass is 9.96. The molecule has 1 aliphatic rings. The van der Waals surface area contributed by atoms with Crippen LogP contribution >= 0.6 is 0 Å². The molecule has 9 heteroatoms. The van der Waals surface area contributed by atoms with Crippen molar-refractivity contribution >= 4 is 11.6 Å². The number of nitrogens with two attached hydrogens (primary N) is 1. The zero-order chi connectivity index (χ0) is 17.8. The summed E-state index contributed by atoms with van der Waals surface area (Å²) in [5.74, 6) is 3.74. The number of aliphatic hydroxyl groups is 1. The zero-order valence-corrected chi connectivity index (χ0v) is 14.8. The molecule has 3 N–H and O–H groups in total. The zero-order valence-electron chi connectivity index (χ0n) is 14.8. The maximum atomic E-state index is 9.02. The predicted octanol–water partition coefficient (Wildman–Crippen LogP) is -0.00460. The SMILES string of the molecule is CN(CCO)Cc1nnc(C2CCN(c3cc(N)ncn3)CC2)n1C. The molecular formula is C16H26N8O. The van der Waals surface area contributed by atoms with Gasteiger partial charge < -0.3 is 20.3 Å². The Kier molecular flexibility index (Phi) is 5.44. The predicted molar refractivity (Wildman–Crippen MR) is 95.1 cm³/mol. The monoisotopic (exact) mass is 346 g/mol. The highest BCUT2D eigenvalue weighted by Crippen LogP contribution is 2.29. The molecule has 25 heavy (non-hydrogen) atoms. The van der Waals surface area contributed by atoms with Gasteiger partial charge in [-0.15, -0.1) is 10.2 Å². The molecular weight excluding hydrogens is 320 g/mol. The fraction of sp³-hybridized carbons (Fsp3) is 0.625. The number of likely N-dealkylation sites (N-methyl/N-ethyl adjacent to an activating group) is 1. The minimum absolute atomic E-state index is 0.146. The van der Waals surface area contributed by atoms with Crippen LogP contribution in [0.3, 0.4) is 0 Å². The molecule has 0 aromatic carbocycles. The van der Waals surface area contributed by atoms with Crippen molar-refractivity contribution in [3.63, 3.8) is 0 Å². The van der Waals surface area contributed by atoms with Crippen LogP contribution < -0.4 is 10.6 Å². The van der Waals surface area contributed by atoms with Crippen LogP contribution in [0.25, 0.3) is 0 Å². The molecule has 3 heterocycles. The van der Waals surface area contributed by atoms with Crippen LogP contribution in [-0.2, 0) is 13.6 Å². The summed E-state index contributed by atoms with van der Waals surface area (Å²) < 4.78 is 2.09.